The Labute approximate surface area is 119 Å². The van der Waals surface area contributed by atoms with Crippen LogP contribution in [0.5, 0.6) is 0 Å². The highest BCUT2D eigenvalue weighted by molar-refractivity contribution is 5.24. The van der Waals surface area contributed by atoms with Crippen LogP contribution in [0.4, 0.5) is 4.39 Å². The number of hydrogen-bond acceptors (Lipinski definition) is 2. The van der Waals surface area contributed by atoms with Crippen LogP contribution in [0, 0.1) is 12.7 Å². The zero-order valence-electron chi connectivity index (χ0n) is 11.8. The Morgan fingerprint density at radius 3 is 2.40 bits per heavy atom. The number of benzene rings is 2. The number of rotatable bonds is 5. The van der Waals surface area contributed by atoms with E-state index in [2.05, 4.69) is 5.32 Å². The van der Waals surface area contributed by atoms with Crippen molar-refractivity contribution in [3.63, 3.8) is 0 Å². The van der Waals surface area contributed by atoms with Crippen molar-refractivity contribution >= 4 is 0 Å². The van der Waals surface area contributed by atoms with Gasteiger partial charge in [0.1, 0.15) is 5.82 Å². The first-order chi connectivity index (χ1) is 9.58. The quantitative estimate of drug-likeness (QED) is 0.873. The van der Waals surface area contributed by atoms with E-state index in [0.29, 0.717) is 12.1 Å². The van der Waals surface area contributed by atoms with Gasteiger partial charge in [-0.2, -0.15) is 0 Å². The first kappa shape index (κ1) is 14.7. The first-order valence-electron chi connectivity index (χ1n) is 6.80. The molecular weight excluding hydrogens is 253 g/mol. The second-order valence-electron chi connectivity index (χ2n) is 5.08. The van der Waals surface area contributed by atoms with Crippen LogP contribution in [0.3, 0.4) is 0 Å². The molecule has 2 atom stereocenters. The van der Waals surface area contributed by atoms with E-state index in [1.165, 1.54) is 6.07 Å². The van der Waals surface area contributed by atoms with Gasteiger partial charge in [0.25, 0.3) is 0 Å². The van der Waals surface area contributed by atoms with Crippen molar-refractivity contribution in [1.82, 2.24) is 5.32 Å². The first-order valence-corrected chi connectivity index (χ1v) is 6.80. The third kappa shape index (κ3) is 3.65. The van der Waals surface area contributed by atoms with Gasteiger partial charge in [-0.15, -0.1) is 0 Å². The molecule has 20 heavy (non-hydrogen) atoms. The van der Waals surface area contributed by atoms with E-state index < -0.39 is 6.10 Å². The zero-order chi connectivity index (χ0) is 14.5. The Kier molecular flexibility index (Phi) is 4.88. The molecule has 0 fully saturated rings. The van der Waals surface area contributed by atoms with E-state index in [1.807, 2.05) is 44.2 Å². The Bertz CT molecular complexity index is 553. The van der Waals surface area contributed by atoms with Crippen LogP contribution in [0.2, 0.25) is 0 Å². The molecule has 0 heterocycles. The number of nitrogens with one attached hydrogen (secondary N) is 1. The van der Waals surface area contributed by atoms with Crippen LogP contribution in [0.25, 0.3) is 0 Å². The highest BCUT2D eigenvalue weighted by Gasteiger charge is 2.12. The molecule has 0 radical (unpaired) electrons. The lowest BCUT2D eigenvalue weighted by atomic mass is 10.1. The molecule has 0 aliphatic carbocycles. The van der Waals surface area contributed by atoms with Gasteiger partial charge in [-0.1, -0.05) is 48.0 Å². The highest BCUT2D eigenvalue weighted by atomic mass is 19.1. The molecule has 0 aliphatic heterocycles. The molecule has 3 heteroatoms. The third-order valence-corrected chi connectivity index (χ3v) is 3.45. The predicted octanol–water partition coefficient (Wildman–Crippen LogP) is 3.52. The van der Waals surface area contributed by atoms with Crippen LogP contribution in [0.1, 0.15) is 35.8 Å². The second-order valence-corrected chi connectivity index (χ2v) is 5.08. The molecule has 0 bridgehead atoms. The van der Waals surface area contributed by atoms with E-state index in [9.17, 15) is 9.50 Å². The molecule has 0 amide bonds. The van der Waals surface area contributed by atoms with Gasteiger partial charge in [0.05, 0.1) is 6.10 Å². The summed E-state index contributed by atoms with van der Waals surface area (Å²) >= 11 is 0. The number of aliphatic hydroxyl groups excluding tert-OH is 1. The maximum atomic E-state index is 13.6. The van der Waals surface area contributed by atoms with Crippen molar-refractivity contribution in [1.29, 1.82) is 0 Å². The third-order valence-electron chi connectivity index (χ3n) is 3.45. The predicted molar refractivity (Wildman–Crippen MR) is 79.0 cm³/mol. The topological polar surface area (TPSA) is 32.3 Å². The normalized spacial score (nSPS) is 14.0. The lowest BCUT2D eigenvalue weighted by molar-refractivity contribution is 0.170. The molecule has 2 N–H and O–H groups in total. The lowest BCUT2D eigenvalue weighted by Crippen LogP contribution is -2.25. The molecule has 0 aromatic heterocycles. The lowest BCUT2D eigenvalue weighted by Gasteiger charge is -2.18. The molecule has 0 spiro atoms. The van der Waals surface area contributed by atoms with Crippen LogP contribution in [0.15, 0.2) is 48.5 Å². The molecule has 106 valence electrons. The van der Waals surface area contributed by atoms with Crippen LogP contribution in [-0.4, -0.2) is 11.7 Å². The van der Waals surface area contributed by atoms with Gasteiger partial charge < -0.3 is 10.4 Å². The van der Waals surface area contributed by atoms with Crippen LogP contribution in [-0.2, 0) is 0 Å². The Morgan fingerprint density at radius 2 is 1.75 bits per heavy atom. The Balaban J connectivity index is 1.95. The number of hydrogen-bond donors (Lipinski definition) is 2. The molecule has 2 aromatic carbocycles. The average molecular weight is 273 g/mol. The molecule has 2 aromatic rings. The second kappa shape index (κ2) is 6.64. The van der Waals surface area contributed by atoms with Gasteiger partial charge in [-0.05, 0) is 25.5 Å². The van der Waals surface area contributed by atoms with Gasteiger partial charge in [-0.3, -0.25) is 0 Å². The van der Waals surface area contributed by atoms with Gasteiger partial charge in [0.2, 0.25) is 0 Å². The van der Waals surface area contributed by atoms with Crippen molar-refractivity contribution < 1.29 is 9.50 Å². The number of aliphatic hydroxyl groups is 1. The monoisotopic (exact) mass is 273 g/mol. The molecule has 2 rings (SSSR count). The average Bonchev–Trinajstić information content (AvgIpc) is 2.45. The summed E-state index contributed by atoms with van der Waals surface area (Å²) in [6.45, 7) is 4.29. The minimum Gasteiger partial charge on any atom is -0.387 e. The summed E-state index contributed by atoms with van der Waals surface area (Å²) in [7, 11) is 0. The number of aryl methyl sites for hydroxylation is 1. The van der Waals surface area contributed by atoms with Gasteiger partial charge >= 0.3 is 0 Å². The molecule has 0 aliphatic rings. The van der Waals surface area contributed by atoms with Crippen LogP contribution < -0.4 is 5.32 Å². The fourth-order valence-corrected chi connectivity index (χ4v) is 2.13. The Hall–Kier alpha value is -1.71. The summed E-state index contributed by atoms with van der Waals surface area (Å²) in [6, 6.07) is 14.3. The van der Waals surface area contributed by atoms with Crippen molar-refractivity contribution in [2.75, 3.05) is 6.54 Å². The maximum Gasteiger partial charge on any atom is 0.127 e. The zero-order valence-corrected chi connectivity index (χ0v) is 11.8. The largest absolute Gasteiger partial charge is 0.387 e. The summed E-state index contributed by atoms with van der Waals surface area (Å²) in [6.07, 6.45) is -0.593. The standard InChI is InChI=1S/C17H20FNO/c1-12-7-9-14(10-8-12)17(20)11-19-13(2)15-5-3-4-6-16(15)18/h3-10,13,17,19-20H,11H2,1-2H3. The van der Waals surface area contributed by atoms with E-state index in [4.69, 9.17) is 0 Å². The summed E-state index contributed by atoms with van der Waals surface area (Å²) in [4.78, 5) is 0. The summed E-state index contributed by atoms with van der Waals surface area (Å²) in [5.74, 6) is -0.225. The van der Waals surface area contributed by atoms with E-state index in [1.54, 1.807) is 12.1 Å². The van der Waals surface area contributed by atoms with Crippen molar-refractivity contribution in [3.05, 3.63) is 71.0 Å². The smallest absolute Gasteiger partial charge is 0.127 e. The molecule has 0 saturated carbocycles. The van der Waals surface area contributed by atoms with Gasteiger partial charge in [0.15, 0.2) is 0 Å². The summed E-state index contributed by atoms with van der Waals surface area (Å²) in [5, 5.41) is 13.3. The molecule has 2 unspecified atom stereocenters. The minimum atomic E-state index is -0.593. The van der Waals surface area contributed by atoms with E-state index >= 15 is 0 Å². The maximum absolute atomic E-state index is 13.6. The van der Waals surface area contributed by atoms with Crippen molar-refractivity contribution in [2.45, 2.75) is 26.0 Å². The SMILES string of the molecule is Cc1ccc(C(O)CNC(C)c2ccccc2F)cc1. The number of halogens is 1. The van der Waals surface area contributed by atoms with Crippen molar-refractivity contribution in [3.8, 4) is 0 Å². The Morgan fingerprint density at radius 1 is 1.10 bits per heavy atom. The molecule has 2 nitrogen and oxygen atoms in total. The highest BCUT2D eigenvalue weighted by Crippen LogP contribution is 2.18. The molecular formula is C17H20FNO. The summed E-state index contributed by atoms with van der Waals surface area (Å²) < 4.78 is 13.6. The molecule has 0 saturated heterocycles. The van der Waals surface area contributed by atoms with Crippen LogP contribution >= 0.6 is 0 Å². The summed E-state index contributed by atoms with van der Waals surface area (Å²) in [5.41, 5.74) is 2.64. The van der Waals surface area contributed by atoms with Gasteiger partial charge in [0, 0.05) is 18.2 Å². The fourth-order valence-electron chi connectivity index (χ4n) is 2.13. The van der Waals surface area contributed by atoms with Crippen molar-refractivity contribution in [2.24, 2.45) is 0 Å². The fraction of sp³-hybridized carbons (Fsp3) is 0.294. The van der Waals surface area contributed by atoms with Gasteiger partial charge in [-0.25, -0.2) is 4.39 Å². The minimum absolute atomic E-state index is 0.142. The van der Waals surface area contributed by atoms with E-state index in [-0.39, 0.29) is 11.9 Å². The van der Waals surface area contributed by atoms with E-state index in [0.717, 1.165) is 11.1 Å².